The van der Waals surface area contributed by atoms with E-state index in [4.69, 9.17) is 4.74 Å². The van der Waals surface area contributed by atoms with Gasteiger partial charge in [-0.1, -0.05) is 36.4 Å². The third-order valence-electron chi connectivity index (χ3n) is 5.63. The maximum atomic E-state index is 13.5. The lowest BCUT2D eigenvalue weighted by Crippen LogP contribution is -2.32. The number of ether oxygens (including phenoxy) is 1. The smallest absolute Gasteiger partial charge is 0.278 e. The predicted octanol–water partition coefficient (Wildman–Crippen LogP) is 5.23. The summed E-state index contributed by atoms with van der Waals surface area (Å²) >= 11 is 0. The second kappa shape index (κ2) is 9.28. The van der Waals surface area contributed by atoms with Crippen LogP contribution in [0.25, 0.3) is 5.57 Å². The Hall–Kier alpha value is -3.93. The van der Waals surface area contributed by atoms with Gasteiger partial charge in [0.25, 0.3) is 11.8 Å². The van der Waals surface area contributed by atoms with E-state index < -0.39 is 11.8 Å². The average Bonchev–Trinajstić information content (AvgIpc) is 3.02. The molecule has 0 aliphatic carbocycles. The molecule has 0 aromatic heterocycles. The summed E-state index contributed by atoms with van der Waals surface area (Å²) in [5.74, 6) is -0.533. The summed E-state index contributed by atoms with van der Waals surface area (Å²) in [6.07, 6.45) is 0. The van der Waals surface area contributed by atoms with Crippen molar-refractivity contribution in [1.29, 1.82) is 0 Å². The van der Waals surface area contributed by atoms with Crippen molar-refractivity contribution >= 4 is 23.1 Å². The minimum Gasteiger partial charge on any atom is -0.494 e. The van der Waals surface area contributed by atoms with Gasteiger partial charge in [-0.3, -0.25) is 14.5 Å². The molecule has 1 heterocycles. The molecule has 3 aromatic rings. The van der Waals surface area contributed by atoms with Gasteiger partial charge in [0.2, 0.25) is 0 Å². The van der Waals surface area contributed by atoms with Crippen LogP contribution < -0.4 is 10.1 Å². The fraction of sp³-hybridized carbons (Fsp3) is 0.185. The maximum Gasteiger partial charge on any atom is 0.278 e. The Kier molecular flexibility index (Phi) is 6.27. The van der Waals surface area contributed by atoms with Gasteiger partial charge in [-0.25, -0.2) is 4.39 Å². The van der Waals surface area contributed by atoms with Crippen LogP contribution in [0.1, 0.15) is 29.2 Å². The van der Waals surface area contributed by atoms with Crippen LogP contribution in [-0.4, -0.2) is 23.3 Å². The molecule has 33 heavy (non-hydrogen) atoms. The molecule has 0 unspecified atom stereocenters. The van der Waals surface area contributed by atoms with Gasteiger partial charge in [-0.05, 0) is 67.3 Å². The third-order valence-corrected chi connectivity index (χ3v) is 5.63. The van der Waals surface area contributed by atoms with Gasteiger partial charge in [0.15, 0.2) is 0 Å². The van der Waals surface area contributed by atoms with Gasteiger partial charge in [0, 0.05) is 11.8 Å². The van der Waals surface area contributed by atoms with Crippen molar-refractivity contribution < 1.29 is 18.7 Å². The van der Waals surface area contributed by atoms with Crippen molar-refractivity contribution in [2.45, 2.75) is 27.3 Å². The van der Waals surface area contributed by atoms with Crippen molar-refractivity contribution in [3.05, 3.63) is 100 Å². The molecule has 1 aliphatic rings. The first-order valence-corrected chi connectivity index (χ1v) is 10.8. The van der Waals surface area contributed by atoms with E-state index in [9.17, 15) is 14.0 Å². The van der Waals surface area contributed by atoms with Crippen molar-refractivity contribution in [3.8, 4) is 5.75 Å². The summed E-state index contributed by atoms with van der Waals surface area (Å²) < 4.78 is 18.9. The minimum atomic E-state index is -0.431. The second-order valence-corrected chi connectivity index (χ2v) is 7.96. The Morgan fingerprint density at radius 1 is 0.909 bits per heavy atom. The monoisotopic (exact) mass is 444 g/mol. The summed E-state index contributed by atoms with van der Waals surface area (Å²) in [5, 5.41) is 3.15. The molecule has 4 rings (SSSR count). The highest BCUT2D eigenvalue weighted by Gasteiger charge is 2.39. The molecular weight excluding hydrogens is 419 g/mol. The molecular formula is C27H25FN2O3. The highest BCUT2D eigenvalue weighted by molar-refractivity contribution is 6.36. The maximum absolute atomic E-state index is 13.5. The highest BCUT2D eigenvalue weighted by atomic mass is 19.1. The summed E-state index contributed by atoms with van der Waals surface area (Å²) in [7, 11) is 0. The zero-order valence-corrected chi connectivity index (χ0v) is 18.8. The van der Waals surface area contributed by atoms with Crippen molar-refractivity contribution in [3.63, 3.8) is 0 Å². The van der Waals surface area contributed by atoms with E-state index in [1.54, 1.807) is 18.2 Å². The van der Waals surface area contributed by atoms with Crippen LogP contribution in [-0.2, 0) is 16.1 Å². The van der Waals surface area contributed by atoms with Crippen molar-refractivity contribution in [2.24, 2.45) is 0 Å². The summed E-state index contributed by atoms with van der Waals surface area (Å²) in [5.41, 5.74) is 4.61. The lowest BCUT2D eigenvalue weighted by molar-refractivity contribution is -0.137. The van der Waals surface area contributed by atoms with Gasteiger partial charge in [-0.2, -0.15) is 0 Å². The number of anilines is 1. The molecule has 0 saturated heterocycles. The molecule has 0 saturated carbocycles. The van der Waals surface area contributed by atoms with Crippen LogP contribution in [0.3, 0.4) is 0 Å². The molecule has 0 fully saturated rings. The van der Waals surface area contributed by atoms with E-state index in [0.717, 1.165) is 11.1 Å². The minimum absolute atomic E-state index is 0.0520. The number of halogens is 1. The molecule has 0 radical (unpaired) electrons. The van der Waals surface area contributed by atoms with Crippen LogP contribution in [0.2, 0.25) is 0 Å². The molecule has 2 amide bonds. The SMILES string of the molecule is CCOc1cccc(NC2=C(c3ccc(C)c(C)c3)C(=O)N(Cc3ccc(F)cc3)C2=O)c1. The number of carbonyl (C=O) groups is 2. The van der Waals surface area contributed by atoms with E-state index >= 15 is 0 Å². The van der Waals surface area contributed by atoms with Gasteiger partial charge < -0.3 is 10.1 Å². The molecule has 6 heteroatoms. The molecule has 5 nitrogen and oxygen atoms in total. The number of nitrogens with zero attached hydrogens (tertiary/aromatic N) is 1. The lowest BCUT2D eigenvalue weighted by Gasteiger charge is -2.15. The summed E-state index contributed by atoms with van der Waals surface area (Å²) in [6, 6.07) is 18.7. The molecule has 0 bridgehead atoms. The zero-order chi connectivity index (χ0) is 23.5. The Balaban J connectivity index is 1.74. The molecule has 0 atom stereocenters. The number of hydrogen-bond donors (Lipinski definition) is 1. The highest BCUT2D eigenvalue weighted by Crippen LogP contribution is 2.33. The fourth-order valence-corrected chi connectivity index (χ4v) is 3.75. The third kappa shape index (κ3) is 4.65. The van der Waals surface area contributed by atoms with E-state index in [2.05, 4.69) is 5.32 Å². The second-order valence-electron chi connectivity index (χ2n) is 7.96. The standard InChI is InChI=1S/C27H25FN2O3/c1-4-33-23-7-5-6-22(15-23)29-25-24(20-11-8-17(2)18(3)14-20)26(31)30(27(25)32)16-19-9-12-21(28)13-10-19/h5-15,29H,4,16H2,1-3H3. The number of rotatable bonds is 7. The fourth-order valence-electron chi connectivity index (χ4n) is 3.75. The van der Waals surface area contributed by atoms with Gasteiger partial charge in [0.05, 0.1) is 18.7 Å². The van der Waals surface area contributed by atoms with Crippen molar-refractivity contribution in [2.75, 3.05) is 11.9 Å². The van der Waals surface area contributed by atoms with Crippen LogP contribution in [0.4, 0.5) is 10.1 Å². The van der Waals surface area contributed by atoms with E-state index in [1.165, 1.54) is 17.0 Å². The Labute approximate surface area is 192 Å². The van der Waals surface area contributed by atoms with Gasteiger partial charge >= 0.3 is 0 Å². The van der Waals surface area contributed by atoms with Crippen LogP contribution in [0.5, 0.6) is 5.75 Å². The largest absolute Gasteiger partial charge is 0.494 e. The number of aryl methyl sites for hydroxylation is 2. The summed E-state index contributed by atoms with van der Waals surface area (Å²) in [6.45, 7) is 6.43. The normalized spacial score (nSPS) is 13.6. The van der Waals surface area contributed by atoms with E-state index in [0.29, 0.717) is 34.7 Å². The number of nitrogens with one attached hydrogen (secondary N) is 1. The zero-order valence-electron chi connectivity index (χ0n) is 18.8. The predicted molar refractivity (Wildman–Crippen MR) is 126 cm³/mol. The first-order chi connectivity index (χ1) is 15.9. The Bertz CT molecular complexity index is 1250. The Morgan fingerprint density at radius 2 is 1.67 bits per heavy atom. The van der Waals surface area contributed by atoms with Crippen LogP contribution >= 0.6 is 0 Å². The number of benzene rings is 3. The average molecular weight is 445 g/mol. The Morgan fingerprint density at radius 3 is 2.36 bits per heavy atom. The van der Waals surface area contributed by atoms with Gasteiger partial charge in [-0.15, -0.1) is 0 Å². The molecule has 1 N–H and O–H groups in total. The van der Waals surface area contributed by atoms with Gasteiger partial charge in [0.1, 0.15) is 17.3 Å². The number of imide groups is 1. The van der Waals surface area contributed by atoms with E-state index in [-0.39, 0.29) is 18.1 Å². The van der Waals surface area contributed by atoms with Crippen molar-refractivity contribution in [1.82, 2.24) is 4.90 Å². The van der Waals surface area contributed by atoms with E-state index in [1.807, 2.05) is 57.2 Å². The number of amides is 2. The van der Waals surface area contributed by atoms with Crippen LogP contribution in [0.15, 0.2) is 72.4 Å². The topological polar surface area (TPSA) is 58.6 Å². The lowest BCUT2D eigenvalue weighted by atomic mass is 9.99. The molecule has 3 aromatic carbocycles. The summed E-state index contributed by atoms with van der Waals surface area (Å²) in [4.78, 5) is 28.1. The quantitative estimate of drug-likeness (QED) is 0.507. The first-order valence-electron chi connectivity index (χ1n) is 10.8. The molecule has 0 spiro atoms. The van der Waals surface area contributed by atoms with Crippen LogP contribution in [0, 0.1) is 19.7 Å². The number of hydrogen-bond acceptors (Lipinski definition) is 4. The number of carbonyl (C=O) groups excluding carboxylic acids is 2. The molecule has 168 valence electrons. The molecule has 1 aliphatic heterocycles. The first kappa shape index (κ1) is 22.3.